The Bertz CT molecular complexity index is 434. The van der Waals surface area contributed by atoms with Gasteiger partial charge in [-0.15, -0.1) is 0 Å². The first-order valence-corrected chi connectivity index (χ1v) is 8.75. The number of rotatable bonds is 5. The number of likely N-dealkylation sites (N-methyl/N-ethyl adjacent to an activating group) is 1. The van der Waals surface area contributed by atoms with E-state index in [1.807, 2.05) is 0 Å². The minimum Gasteiger partial charge on any atom is -0.329 e. The minimum atomic E-state index is -0.247. The molecule has 0 aromatic carbocycles. The van der Waals surface area contributed by atoms with E-state index in [9.17, 15) is 9.59 Å². The maximum absolute atomic E-state index is 11.6. The maximum Gasteiger partial charge on any atom is 0.324 e. The SMILES string of the molecule is CN1CCC(N2CCC(N(C)CCN3C(=O)CNC3=O)C2)CC1. The fraction of sp³-hybridized carbons (Fsp3) is 0.875. The number of nitrogens with zero attached hydrogens (tertiary/aromatic N) is 4. The second-order valence-corrected chi connectivity index (χ2v) is 7.16. The van der Waals surface area contributed by atoms with E-state index < -0.39 is 0 Å². The highest BCUT2D eigenvalue weighted by Crippen LogP contribution is 2.22. The van der Waals surface area contributed by atoms with E-state index in [0.29, 0.717) is 12.6 Å². The number of carbonyl (C=O) groups excluding carboxylic acids is 2. The van der Waals surface area contributed by atoms with Crippen LogP contribution in [0.25, 0.3) is 0 Å². The molecule has 0 aromatic rings. The lowest BCUT2D eigenvalue weighted by Crippen LogP contribution is -2.45. The average molecular weight is 323 g/mol. The molecule has 0 radical (unpaired) electrons. The zero-order chi connectivity index (χ0) is 16.4. The topological polar surface area (TPSA) is 59.1 Å². The van der Waals surface area contributed by atoms with Crippen LogP contribution < -0.4 is 5.32 Å². The summed E-state index contributed by atoms with van der Waals surface area (Å²) in [7, 11) is 4.31. The Morgan fingerprint density at radius 1 is 1.17 bits per heavy atom. The summed E-state index contributed by atoms with van der Waals surface area (Å²) in [6.45, 7) is 6.09. The first-order chi connectivity index (χ1) is 11.0. The highest BCUT2D eigenvalue weighted by atomic mass is 16.2. The number of piperidine rings is 1. The van der Waals surface area contributed by atoms with Gasteiger partial charge in [-0.1, -0.05) is 0 Å². The van der Waals surface area contributed by atoms with Crippen molar-refractivity contribution in [2.75, 3.05) is 59.9 Å². The molecule has 0 aromatic heterocycles. The number of imide groups is 1. The summed E-state index contributed by atoms with van der Waals surface area (Å²) in [6, 6.07) is 1.02. The molecule has 0 aliphatic carbocycles. The summed E-state index contributed by atoms with van der Waals surface area (Å²) in [5.74, 6) is -0.109. The molecule has 3 amide bonds. The molecule has 3 aliphatic heterocycles. The Morgan fingerprint density at radius 2 is 1.91 bits per heavy atom. The largest absolute Gasteiger partial charge is 0.329 e. The minimum absolute atomic E-state index is 0.109. The molecule has 23 heavy (non-hydrogen) atoms. The first kappa shape index (κ1) is 16.7. The van der Waals surface area contributed by atoms with Gasteiger partial charge in [-0.2, -0.15) is 0 Å². The highest BCUT2D eigenvalue weighted by molar-refractivity contribution is 6.01. The van der Waals surface area contributed by atoms with Gasteiger partial charge in [-0.3, -0.25) is 14.6 Å². The third-order valence-corrected chi connectivity index (χ3v) is 5.64. The van der Waals surface area contributed by atoms with E-state index in [2.05, 4.69) is 34.1 Å². The third kappa shape index (κ3) is 3.84. The number of hydrogen-bond donors (Lipinski definition) is 1. The van der Waals surface area contributed by atoms with E-state index in [-0.39, 0.29) is 18.5 Å². The lowest BCUT2D eigenvalue weighted by Gasteiger charge is -2.35. The fourth-order valence-corrected chi connectivity index (χ4v) is 3.94. The van der Waals surface area contributed by atoms with Gasteiger partial charge in [-0.05, 0) is 46.4 Å². The van der Waals surface area contributed by atoms with Gasteiger partial charge in [0, 0.05) is 38.3 Å². The van der Waals surface area contributed by atoms with E-state index in [4.69, 9.17) is 0 Å². The summed E-state index contributed by atoms with van der Waals surface area (Å²) in [6.07, 6.45) is 3.73. The van der Waals surface area contributed by atoms with Gasteiger partial charge >= 0.3 is 6.03 Å². The molecule has 1 unspecified atom stereocenters. The molecule has 0 spiro atoms. The van der Waals surface area contributed by atoms with E-state index >= 15 is 0 Å². The normalized spacial score (nSPS) is 28.1. The van der Waals surface area contributed by atoms with Crippen molar-refractivity contribution < 1.29 is 9.59 Å². The van der Waals surface area contributed by atoms with Crippen molar-refractivity contribution in [2.45, 2.75) is 31.3 Å². The molecule has 7 heteroatoms. The van der Waals surface area contributed by atoms with Crippen LogP contribution in [0.15, 0.2) is 0 Å². The molecule has 3 saturated heterocycles. The van der Waals surface area contributed by atoms with Crippen LogP contribution in [0.5, 0.6) is 0 Å². The average Bonchev–Trinajstić information content (AvgIpc) is 3.14. The van der Waals surface area contributed by atoms with Crippen molar-refractivity contribution in [1.82, 2.24) is 24.9 Å². The van der Waals surface area contributed by atoms with E-state index in [0.717, 1.165) is 19.1 Å². The lowest BCUT2D eigenvalue weighted by molar-refractivity contribution is -0.125. The van der Waals surface area contributed by atoms with Gasteiger partial charge < -0.3 is 15.1 Å². The van der Waals surface area contributed by atoms with Crippen LogP contribution in [0.3, 0.4) is 0 Å². The smallest absolute Gasteiger partial charge is 0.324 e. The van der Waals surface area contributed by atoms with Crippen molar-refractivity contribution in [3.63, 3.8) is 0 Å². The van der Waals surface area contributed by atoms with Crippen molar-refractivity contribution in [3.05, 3.63) is 0 Å². The summed E-state index contributed by atoms with van der Waals surface area (Å²) in [5.41, 5.74) is 0. The van der Waals surface area contributed by atoms with Crippen molar-refractivity contribution in [1.29, 1.82) is 0 Å². The molecule has 0 bridgehead atoms. The standard InChI is InChI=1S/C16H29N5O2/c1-18-6-3-13(4-7-18)20-8-5-14(12-20)19(2)9-10-21-15(22)11-17-16(21)23/h13-14H,3-12H2,1-2H3,(H,17,23). The fourth-order valence-electron chi connectivity index (χ4n) is 3.94. The molecule has 7 nitrogen and oxygen atoms in total. The number of urea groups is 1. The zero-order valence-corrected chi connectivity index (χ0v) is 14.3. The van der Waals surface area contributed by atoms with E-state index in [1.54, 1.807) is 0 Å². The molecule has 3 rings (SSSR count). The molecule has 3 fully saturated rings. The van der Waals surface area contributed by atoms with Crippen molar-refractivity contribution in [2.24, 2.45) is 0 Å². The second-order valence-electron chi connectivity index (χ2n) is 7.16. The summed E-state index contributed by atoms with van der Waals surface area (Å²) in [4.78, 5) is 31.9. The van der Waals surface area contributed by atoms with Gasteiger partial charge in [0.2, 0.25) is 5.91 Å². The van der Waals surface area contributed by atoms with E-state index in [1.165, 1.54) is 43.8 Å². The van der Waals surface area contributed by atoms with Crippen molar-refractivity contribution >= 4 is 11.9 Å². The molecule has 0 saturated carbocycles. The Labute approximate surface area is 138 Å². The van der Waals surface area contributed by atoms with Crippen LogP contribution in [-0.2, 0) is 4.79 Å². The highest BCUT2D eigenvalue weighted by Gasteiger charge is 2.33. The third-order valence-electron chi connectivity index (χ3n) is 5.64. The molecular weight excluding hydrogens is 294 g/mol. The predicted molar refractivity (Wildman–Crippen MR) is 88.2 cm³/mol. The first-order valence-electron chi connectivity index (χ1n) is 8.75. The Morgan fingerprint density at radius 3 is 2.57 bits per heavy atom. The number of likely N-dealkylation sites (tertiary alicyclic amines) is 2. The number of carbonyl (C=O) groups is 2. The number of hydrogen-bond acceptors (Lipinski definition) is 5. The van der Waals surface area contributed by atoms with Gasteiger partial charge in [0.15, 0.2) is 0 Å². The molecule has 1 atom stereocenters. The molecule has 1 N–H and O–H groups in total. The maximum atomic E-state index is 11.6. The quantitative estimate of drug-likeness (QED) is 0.700. The van der Waals surface area contributed by atoms with Gasteiger partial charge in [0.1, 0.15) is 0 Å². The van der Waals surface area contributed by atoms with Crippen LogP contribution in [0.4, 0.5) is 4.79 Å². The molecule has 3 aliphatic rings. The zero-order valence-electron chi connectivity index (χ0n) is 14.3. The Hall–Kier alpha value is -1.18. The van der Waals surface area contributed by atoms with Crippen LogP contribution in [0.1, 0.15) is 19.3 Å². The lowest BCUT2D eigenvalue weighted by atomic mass is 10.0. The van der Waals surface area contributed by atoms with Gasteiger partial charge in [0.05, 0.1) is 6.54 Å². The molecular formula is C16H29N5O2. The second kappa shape index (κ2) is 7.15. The van der Waals surface area contributed by atoms with Crippen LogP contribution in [-0.4, -0.2) is 104 Å². The summed E-state index contributed by atoms with van der Waals surface area (Å²) >= 11 is 0. The predicted octanol–water partition coefficient (Wildman–Crippen LogP) is -0.361. The Kier molecular flexibility index (Phi) is 5.18. The monoisotopic (exact) mass is 323 g/mol. The molecule has 3 heterocycles. The van der Waals surface area contributed by atoms with Crippen LogP contribution >= 0.6 is 0 Å². The van der Waals surface area contributed by atoms with Gasteiger partial charge in [0.25, 0.3) is 0 Å². The number of amides is 3. The number of nitrogens with one attached hydrogen (secondary N) is 1. The Balaban J connectivity index is 1.43. The van der Waals surface area contributed by atoms with Gasteiger partial charge in [-0.25, -0.2) is 4.79 Å². The van der Waals surface area contributed by atoms with Crippen LogP contribution in [0, 0.1) is 0 Å². The van der Waals surface area contributed by atoms with Crippen LogP contribution in [0.2, 0.25) is 0 Å². The summed E-state index contributed by atoms with van der Waals surface area (Å²) in [5, 5.41) is 2.57. The molecule has 130 valence electrons. The summed E-state index contributed by atoms with van der Waals surface area (Å²) < 4.78 is 0. The van der Waals surface area contributed by atoms with Crippen molar-refractivity contribution in [3.8, 4) is 0 Å².